The van der Waals surface area contributed by atoms with Gasteiger partial charge in [0.25, 0.3) is 0 Å². The van der Waals surface area contributed by atoms with Crippen LogP contribution in [0.5, 0.6) is 0 Å². The summed E-state index contributed by atoms with van der Waals surface area (Å²) in [7, 11) is 0. The molecule has 4 fully saturated rings. The molecule has 4 heterocycles. The standard InChI is InChI=1S/C12H22O11.2C6H12O6.2CH4.2H2O/c13-1-3-5(15)6(16)9(19)12(22-3)23-10-4(2-14)21-11(20)8(18)7(10)17;2*7-1-2-3(8)4(9)5(10)6(11)12-2;;;;/h3-20H,1-2H2;2*2-11H,1H2;2*1H4;2*1H2/t3-,4-,5+,6+,7-,8-,9-,10-,11-,12+;2-,3+,4+,5-,6-;2-,3-,4+,5-,6?;;;;/m111..../s1. The Kier molecular flexibility index (Phi) is 26.0. The summed E-state index contributed by atoms with van der Waals surface area (Å²) in [5.74, 6) is 0. The van der Waals surface area contributed by atoms with Gasteiger partial charge in [0.2, 0.25) is 0 Å². The number of aliphatic hydroxyl groups excluding tert-OH is 18. The average Bonchev–Trinajstić information content (AvgIpc) is 3.06. The molecule has 0 aliphatic carbocycles. The van der Waals surface area contributed by atoms with E-state index < -0.39 is 149 Å². The van der Waals surface area contributed by atoms with Crippen molar-refractivity contribution in [3.63, 3.8) is 0 Å². The van der Waals surface area contributed by atoms with Crippen LogP contribution in [-0.4, -0.2) is 252 Å². The van der Waals surface area contributed by atoms with Crippen molar-refractivity contribution in [1.29, 1.82) is 0 Å². The van der Waals surface area contributed by atoms with Crippen molar-refractivity contribution in [2.75, 3.05) is 26.4 Å². The molecule has 0 saturated carbocycles. The van der Waals surface area contributed by atoms with Crippen LogP contribution < -0.4 is 0 Å². The van der Waals surface area contributed by atoms with E-state index in [2.05, 4.69) is 9.47 Å². The summed E-state index contributed by atoms with van der Waals surface area (Å²) in [6, 6.07) is 0. The Morgan fingerprint density at radius 2 is 0.608 bits per heavy atom. The molecule has 0 aromatic carbocycles. The lowest BCUT2D eigenvalue weighted by Gasteiger charge is -2.45. The third-order valence-corrected chi connectivity index (χ3v) is 7.71. The second-order valence-electron chi connectivity index (χ2n) is 11.0. The van der Waals surface area contributed by atoms with Crippen LogP contribution in [0.3, 0.4) is 0 Å². The third-order valence-electron chi connectivity index (χ3n) is 7.71. The van der Waals surface area contributed by atoms with E-state index in [0.29, 0.717) is 0 Å². The number of hydrogen-bond donors (Lipinski definition) is 18. The zero-order valence-corrected chi connectivity index (χ0v) is 25.5. The van der Waals surface area contributed by atoms with Gasteiger partial charge in [-0.2, -0.15) is 0 Å². The summed E-state index contributed by atoms with van der Waals surface area (Å²) in [6.07, 6.45) is -29.7. The Hall–Kier alpha value is -1.00. The van der Waals surface area contributed by atoms with Gasteiger partial charge in [-0.25, -0.2) is 0 Å². The maximum Gasteiger partial charge on any atom is 0.187 e. The van der Waals surface area contributed by atoms with Gasteiger partial charge in [-0.05, 0) is 0 Å². The summed E-state index contributed by atoms with van der Waals surface area (Å²) in [5.41, 5.74) is 0. The number of hydrogen-bond acceptors (Lipinski definition) is 23. The monoisotopic (exact) mass is 770 g/mol. The van der Waals surface area contributed by atoms with Crippen LogP contribution >= 0.6 is 0 Å². The highest BCUT2D eigenvalue weighted by Crippen LogP contribution is 2.28. The van der Waals surface area contributed by atoms with Gasteiger partial charge < -0.3 is 127 Å². The molecule has 51 heavy (non-hydrogen) atoms. The normalized spacial score (nSPS) is 46.5. The van der Waals surface area contributed by atoms with Crippen molar-refractivity contribution >= 4 is 0 Å². The van der Waals surface area contributed by atoms with Crippen LogP contribution in [0.4, 0.5) is 0 Å². The highest BCUT2D eigenvalue weighted by Gasteiger charge is 2.50. The van der Waals surface area contributed by atoms with E-state index in [1.165, 1.54) is 0 Å². The first-order valence-corrected chi connectivity index (χ1v) is 14.2. The third kappa shape index (κ3) is 13.1. The predicted octanol–water partition coefficient (Wildman–Crippen LogP) is -12.2. The van der Waals surface area contributed by atoms with E-state index in [4.69, 9.17) is 70.4 Å². The Morgan fingerprint density at radius 1 is 0.333 bits per heavy atom. The summed E-state index contributed by atoms with van der Waals surface area (Å²) in [4.78, 5) is 0. The van der Waals surface area contributed by atoms with E-state index in [1.807, 2.05) is 0 Å². The molecular formula is C26H58O25. The molecule has 4 rings (SSSR count). The maximum atomic E-state index is 9.94. The number of rotatable bonds is 6. The fourth-order valence-corrected chi connectivity index (χ4v) is 4.73. The minimum atomic E-state index is -1.74. The summed E-state index contributed by atoms with van der Waals surface area (Å²) < 4.78 is 24.4. The summed E-state index contributed by atoms with van der Waals surface area (Å²) >= 11 is 0. The van der Waals surface area contributed by atoms with E-state index in [9.17, 15) is 35.7 Å². The Bertz CT molecular complexity index is 846. The van der Waals surface area contributed by atoms with E-state index in [1.54, 1.807) is 0 Å². The Labute approximate surface area is 291 Å². The van der Waals surface area contributed by atoms with Crippen LogP contribution in [0.1, 0.15) is 14.9 Å². The molecule has 1 unspecified atom stereocenters. The van der Waals surface area contributed by atoms with Gasteiger partial charge in [-0.3, -0.25) is 0 Å². The van der Waals surface area contributed by atoms with E-state index in [0.717, 1.165) is 0 Å². The minimum absolute atomic E-state index is 0. The van der Waals surface area contributed by atoms with Crippen LogP contribution in [0.15, 0.2) is 0 Å². The lowest BCUT2D eigenvalue weighted by Crippen LogP contribution is -2.64. The number of ether oxygens (including phenoxy) is 5. The van der Waals surface area contributed by atoms with Gasteiger partial charge in [0.1, 0.15) is 97.7 Å². The van der Waals surface area contributed by atoms with Gasteiger partial charge in [0.15, 0.2) is 25.2 Å². The largest absolute Gasteiger partial charge is 0.412 e. The quantitative estimate of drug-likeness (QED) is 0.119. The van der Waals surface area contributed by atoms with Crippen molar-refractivity contribution < 1.29 is 127 Å². The summed E-state index contributed by atoms with van der Waals surface area (Å²) in [6.45, 7) is -2.40. The lowest BCUT2D eigenvalue weighted by atomic mass is 9.97. The highest BCUT2D eigenvalue weighted by atomic mass is 16.7. The van der Waals surface area contributed by atoms with Gasteiger partial charge in [-0.15, -0.1) is 0 Å². The second-order valence-corrected chi connectivity index (χ2v) is 11.0. The topological polar surface area (TPSA) is 473 Å². The zero-order valence-electron chi connectivity index (χ0n) is 25.5. The van der Waals surface area contributed by atoms with Crippen molar-refractivity contribution in [1.82, 2.24) is 0 Å². The van der Waals surface area contributed by atoms with Crippen LogP contribution in [-0.2, 0) is 23.7 Å². The smallest absolute Gasteiger partial charge is 0.187 e. The first kappa shape index (κ1) is 54.3. The SMILES string of the molecule is C.C.O.O.OC[C@H]1OC(O)[C@H](O)[C@@H](O)[C@@H]1O.OC[C@H]1O[C@@H](O)[C@H](O)[C@@H](O)[C@H]1O.OC[C@H]1O[C@@H](O[C@H]2[C@H](O)[C@@H](O)[C@H](O)O[C@@H]2CO)[C@H](O)[C@@H](O)[C@H]1O. The lowest BCUT2D eigenvalue weighted by molar-refractivity contribution is -0.355. The van der Waals surface area contributed by atoms with Crippen LogP contribution in [0.2, 0.25) is 0 Å². The van der Waals surface area contributed by atoms with Crippen LogP contribution in [0.25, 0.3) is 0 Å². The Morgan fingerprint density at radius 3 is 0.941 bits per heavy atom. The van der Waals surface area contributed by atoms with Crippen molar-refractivity contribution in [3.05, 3.63) is 0 Å². The molecule has 0 spiro atoms. The molecule has 22 N–H and O–H groups in total. The number of aliphatic hydroxyl groups is 18. The zero-order chi connectivity index (χ0) is 35.9. The highest BCUT2D eigenvalue weighted by molar-refractivity contribution is 4.94. The van der Waals surface area contributed by atoms with Crippen molar-refractivity contribution in [2.45, 2.75) is 138 Å². The van der Waals surface area contributed by atoms with Crippen LogP contribution in [0, 0.1) is 0 Å². The molecule has 25 heteroatoms. The minimum Gasteiger partial charge on any atom is -0.412 e. The average molecular weight is 771 g/mol. The van der Waals surface area contributed by atoms with Gasteiger partial charge in [-0.1, -0.05) is 14.9 Å². The fraction of sp³-hybridized carbons (Fsp3) is 1.00. The maximum absolute atomic E-state index is 9.94. The molecular weight excluding hydrogens is 712 g/mol. The molecule has 0 radical (unpaired) electrons. The van der Waals surface area contributed by atoms with Gasteiger partial charge >= 0.3 is 0 Å². The van der Waals surface area contributed by atoms with Crippen molar-refractivity contribution in [2.24, 2.45) is 0 Å². The first-order valence-electron chi connectivity index (χ1n) is 14.2. The van der Waals surface area contributed by atoms with E-state index >= 15 is 0 Å². The molecule has 0 aromatic heterocycles. The molecule has 4 saturated heterocycles. The predicted molar refractivity (Wildman–Crippen MR) is 161 cm³/mol. The fourth-order valence-electron chi connectivity index (χ4n) is 4.73. The second kappa shape index (κ2) is 24.4. The van der Waals surface area contributed by atoms with Crippen molar-refractivity contribution in [3.8, 4) is 0 Å². The Balaban J connectivity index is -0.000000707. The van der Waals surface area contributed by atoms with Gasteiger partial charge in [0.05, 0.1) is 26.4 Å². The molecule has 0 bridgehead atoms. The molecule has 25 nitrogen and oxygen atoms in total. The van der Waals surface area contributed by atoms with Gasteiger partial charge in [0, 0.05) is 0 Å². The molecule has 0 aromatic rings. The summed E-state index contributed by atoms with van der Waals surface area (Å²) in [5, 5.41) is 166. The molecule has 4 aliphatic heterocycles. The first-order chi connectivity index (χ1) is 22.0. The molecule has 0 amide bonds. The van der Waals surface area contributed by atoms with E-state index in [-0.39, 0.29) is 25.8 Å². The molecule has 4 aliphatic rings. The molecule has 312 valence electrons. The molecule has 20 atom stereocenters.